The molecule has 0 unspecified atom stereocenters. The third-order valence-corrected chi connectivity index (χ3v) is 1.13. The Kier molecular flexibility index (Phi) is 2.51. The van der Waals surface area contributed by atoms with E-state index in [0.717, 1.165) is 0 Å². The van der Waals surface area contributed by atoms with Crippen molar-refractivity contribution < 1.29 is 14.3 Å². The van der Waals surface area contributed by atoms with Gasteiger partial charge in [-0.2, -0.15) is 0 Å². The molecule has 12 heavy (non-hydrogen) atoms. The van der Waals surface area contributed by atoms with Gasteiger partial charge >= 0.3 is 5.97 Å². The molecule has 0 saturated heterocycles. The molecule has 0 aromatic carbocycles. The van der Waals surface area contributed by atoms with Crippen molar-refractivity contribution in [3.8, 4) is 11.8 Å². The zero-order chi connectivity index (χ0) is 8.97. The van der Waals surface area contributed by atoms with Crippen LogP contribution in [0.1, 0.15) is 16.3 Å². The van der Waals surface area contributed by atoms with E-state index in [1.54, 1.807) is 0 Å². The summed E-state index contributed by atoms with van der Waals surface area (Å²) in [5.41, 5.74) is 5.11. The van der Waals surface area contributed by atoms with E-state index in [2.05, 4.69) is 11.8 Å². The smallest absolute Gasteiger partial charge is 0.371 e. The van der Waals surface area contributed by atoms with E-state index < -0.39 is 5.97 Å². The number of carboxylic acids is 1. The van der Waals surface area contributed by atoms with Crippen LogP contribution in [-0.4, -0.2) is 17.6 Å². The molecule has 1 heterocycles. The third kappa shape index (κ3) is 1.87. The number of hydrogen-bond acceptors (Lipinski definition) is 3. The number of carboxylic acid groups (broad SMARTS) is 1. The maximum absolute atomic E-state index is 10.3. The van der Waals surface area contributed by atoms with Gasteiger partial charge < -0.3 is 15.3 Å². The number of furan rings is 1. The number of hydrogen-bond donors (Lipinski definition) is 2. The summed E-state index contributed by atoms with van der Waals surface area (Å²) in [6, 6.07) is 2.84. The first-order valence-electron chi connectivity index (χ1n) is 3.26. The monoisotopic (exact) mass is 165 g/mol. The molecule has 1 aromatic rings. The molecule has 62 valence electrons. The van der Waals surface area contributed by atoms with E-state index in [1.165, 1.54) is 12.1 Å². The van der Waals surface area contributed by atoms with Crippen LogP contribution in [0.3, 0.4) is 0 Å². The Balaban J connectivity index is 2.84. The highest BCUT2D eigenvalue weighted by atomic mass is 16.4. The van der Waals surface area contributed by atoms with Crippen LogP contribution in [0.25, 0.3) is 0 Å². The van der Waals surface area contributed by atoms with Crippen molar-refractivity contribution >= 4 is 5.97 Å². The van der Waals surface area contributed by atoms with Crippen LogP contribution >= 0.6 is 0 Å². The molecule has 0 aliphatic rings. The molecule has 0 aliphatic carbocycles. The van der Waals surface area contributed by atoms with Gasteiger partial charge in [-0.15, -0.1) is 0 Å². The van der Waals surface area contributed by atoms with Crippen LogP contribution < -0.4 is 5.73 Å². The van der Waals surface area contributed by atoms with Gasteiger partial charge in [-0.1, -0.05) is 5.92 Å². The molecular weight excluding hydrogens is 158 g/mol. The first-order chi connectivity index (χ1) is 5.74. The van der Waals surface area contributed by atoms with Crippen molar-refractivity contribution in [2.75, 3.05) is 6.54 Å². The maximum Gasteiger partial charge on any atom is 0.371 e. The first-order valence-corrected chi connectivity index (χ1v) is 3.26. The molecule has 4 heteroatoms. The minimum Gasteiger partial charge on any atom is -0.475 e. The fourth-order valence-corrected chi connectivity index (χ4v) is 0.658. The lowest BCUT2D eigenvalue weighted by Crippen LogP contribution is -1.93. The van der Waals surface area contributed by atoms with E-state index in [0.29, 0.717) is 5.76 Å². The Bertz CT molecular complexity index is 343. The Morgan fingerprint density at radius 3 is 2.92 bits per heavy atom. The summed E-state index contributed by atoms with van der Waals surface area (Å²) < 4.78 is 4.82. The molecule has 0 amide bonds. The third-order valence-electron chi connectivity index (χ3n) is 1.13. The van der Waals surface area contributed by atoms with Crippen LogP contribution in [0.15, 0.2) is 16.5 Å². The second kappa shape index (κ2) is 3.60. The fraction of sp³-hybridized carbons (Fsp3) is 0.125. The predicted octanol–water partition coefficient (Wildman–Crippen LogP) is 0.288. The Labute approximate surface area is 69.0 Å². The second-order valence-electron chi connectivity index (χ2n) is 1.97. The predicted molar refractivity (Wildman–Crippen MR) is 41.6 cm³/mol. The molecule has 0 radical (unpaired) electrons. The van der Waals surface area contributed by atoms with Gasteiger partial charge in [0.05, 0.1) is 6.54 Å². The highest BCUT2D eigenvalue weighted by Crippen LogP contribution is 2.05. The van der Waals surface area contributed by atoms with Crippen LogP contribution in [0.5, 0.6) is 0 Å². The molecule has 1 rings (SSSR count). The Morgan fingerprint density at radius 2 is 2.42 bits per heavy atom. The molecule has 4 nitrogen and oxygen atoms in total. The number of carbonyl (C=O) groups is 1. The van der Waals surface area contributed by atoms with Gasteiger partial charge in [0.15, 0.2) is 5.76 Å². The van der Waals surface area contributed by atoms with E-state index >= 15 is 0 Å². The molecule has 0 spiro atoms. The largest absolute Gasteiger partial charge is 0.475 e. The summed E-state index contributed by atoms with van der Waals surface area (Å²) in [7, 11) is 0. The standard InChI is InChI=1S/C8H7NO3/c9-5-1-2-6-3-4-7(12-6)8(10)11/h3-4H,5,9H2,(H,10,11). The van der Waals surface area contributed by atoms with Crippen LogP contribution in [0.4, 0.5) is 0 Å². The average Bonchev–Trinajstić information content (AvgIpc) is 2.48. The van der Waals surface area contributed by atoms with Gasteiger partial charge in [0.1, 0.15) is 0 Å². The normalized spacial score (nSPS) is 8.75. The van der Waals surface area contributed by atoms with Crippen molar-refractivity contribution in [2.24, 2.45) is 5.73 Å². The van der Waals surface area contributed by atoms with Crippen molar-refractivity contribution in [3.05, 3.63) is 23.7 Å². The van der Waals surface area contributed by atoms with E-state index in [-0.39, 0.29) is 12.3 Å². The molecule has 1 aromatic heterocycles. The van der Waals surface area contributed by atoms with E-state index in [1.807, 2.05) is 0 Å². The summed E-state index contributed by atoms with van der Waals surface area (Å²) in [6.45, 7) is 0.225. The van der Waals surface area contributed by atoms with Crippen LogP contribution in [0.2, 0.25) is 0 Å². The molecule has 3 N–H and O–H groups in total. The van der Waals surface area contributed by atoms with Gasteiger partial charge in [0.2, 0.25) is 5.76 Å². The lowest BCUT2D eigenvalue weighted by molar-refractivity contribution is 0.0662. The zero-order valence-electron chi connectivity index (χ0n) is 6.20. The summed E-state index contributed by atoms with van der Waals surface area (Å²) >= 11 is 0. The van der Waals surface area contributed by atoms with Gasteiger partial charge in [0.25, 0.3) is 0 Å². The first kappa shape index (κ1) is 8.37. The van der Waals surface area contributed by atoms with Crippen LogP contribution in [0, 0.1) is 11.8 Å². The highest BCUT2D eigenvalue weighted by molar-refractivity contribution is 5.84. The van der Waals surface area contributed by atoms with E-state index in [4.69, 9.17) is 15.3 Å². The van der Waals surface area contributed by atoms with Gasteiger partial charge in [-0.3, -0.25) is 0 Å². The SMILES string of the molecule is NCC#Cc1ccc(C(=O)O)o1. The minimum absolute atomic E-state index is 0.115. The number of rotatable bonds is 1. The lowest BCUT2D eigenvalue weighted by atomic mass is 10.4. The lowest BCUT2D eigenvalue weighted by Gasteiger charge is -1.82. The molecule has 0 saturated carbocycles. The summed E-state index contributed by atoms with van der Waals surface area (Å²) in [6.07, 6.45) is 0. The Hall–Kier alpha value is -1.73. The highest BCUT2D eigenvalue weighted by Gasteiger charge is 2.06. The van der Waals surface area contributed by atoms with Crippen LogP contribution in [-0.2, 0) is 0 Å². The van der Waals surface area contributed by atoms with Gasteiger partial charge in [0, 0.05) is 0 Å². The van der Waals surface area contributed by atoms with Crippen molar-refractivity contribution in [2.45, 2.75) is 0 Å². The quantitative estimate of drug-likeness (QED) is 0.586. The summed E-state index contributed by atoms with van der Waals surface area (Å²) in [5, 5.41) is 8.46. The van der Waals surface area contributed by atoms with Crippen molar-refractivity contribution in [1.82, 2.24) is 0 Å². The zero-order valence-corrected chi connectivity index (χ0v) is 6.20. The molecular formula is C8H7NO3. The van der Waals surface area contributed by atoms with Crippen molar-refractivity contribution in [1.29, 1.82) is 0 Å². The second-order valence-corrected chi connectivity index (χ2v) is 1.97. The fourth-order valence-electron chi connectivity index (χ4n) is 0.658. The topological polar surface area (TPSA) is 76.5 Å². The van der Waals surface area contributed by atoms with Crippen molar-refractivity contribution in [3.63, 3.8) is 0 Å². The average molecular weight is 165 g/mol. The molecule has 0 atom stereocenters. The minimum atomic E-state index is -1.10. The molecule has 0 fully saturated rings. The van der Waals surface area contributed by atoms with E-state index in [9.17, 15) is 4.79 Å². The Morgan fingerprint density at radius 1 is 1.67 bits per heavy atom. The molecule has 0 aliphatic heterocycles. The summed E-state index contributed by atoms with van der Waals surface area (Å²) in [5.74, 6) is 4.22. The number of nitrogens with two attached hydrogens (primary N) is 1. The molecule has 0 bridgehead atoms. The maximum atomic E-state index is 10.3. The van der Waals surface area contributed by atoms with Gasteiger partial charge in [-0.05, 0) is 18.1 Å². The summed E-state index contributed by atoms with van der Waals surface area (Å²) in [4.78, 5) is 10.3. The van der Waals surface area contributed by atoms with Gasteiger partial charge in [-0.25, -0.2) is 4.79 Å². The number of aromatic carboxylic acids is 1.